The quantitative estimate of drug-likeness (QED) is 0.898. The van der Waals surface area contributed by atoms with Gasteiger partial charge in [0.1, 0.15) is 10.0 Å². The van der Waals surface area contributed by atoms with Crippen LogP contribution in [-0.2, 0) is 6.42 Å². The number of aromatic nitrogens is 2. The number of hydrogen-bond acceptors (Lipinski definition) is 4. The topological polar surface area (TPSA) is 58.1 Å². The van der Waals surface area contributed by atoms with E-state index in [0.29, 0.717) is 5.92 Å². The molecule has 2 amide bonds. The molecule has 1 saturated heterocycles. The number of nitrogens with zero attached hydrogens (tertiary/aromatic N) is 3. The molecular weight excluding hydrogens is 320 g/mol. The fraction of sp³-hybridized carbons (Fsp3) is 0.833. The van der Waals surface area contributed by atoms with Crippen LogP contribution in [0, 0.1) is 5.92 Å². The molecule has 0 atom stereocenters. The van der Waals surface area contributed by atoms with Crippen LogP contribution in [0.5, 0.6) is 0 Å². The maximum atomic E-state index is 12.2. The van der Waals surface area contributed by atoms with E-state index in [1.54, 1.807) is 11.3 Å². The van der Waals surface area contributed by atoms with Crippen molar-refractivity contribution in [2.24, 2.45) is 5.92 Å². The summed E-state index contributed by atoms with van der Waals surface area (Å²) >= 11 is 1.80. The lowest BCUT2D eigenvalue weighted by atomic mass is 9.98. The number of piperidine rings is 1. The number of amides is 2. The van der Waals surface area contributed by atoms with Crippen molar-refractivity contribution in [3.63, 3.8) is 0 Å². The number of rotatable bonds is 3. The average molecular weight is 351 g/mol. The Bertz CT molecular complexity index is 552. The Kier molecular flexibility index (Phi) is 5.42. The zero-order valence-corrected chi connectivity index (χ0v) is 16.0. The summed E-state index contributed by atoms with van der Waals surface area (Å²) in [4.78, 5) is 14.2. The van der Waals surface area contributed by atoms with Gasteiger partial charge in [-0.3, -0.25) is 0 Å². The lowest BCUT2D eigenvalue weighted by Crippen LogP contribution is -2.50. The Morgan fingerprint density at radius 3 is 2.46 bits per heavy atom. The van der Waals surface area contributed by atoms with Gasteiger partial charge < -0.3 is 10.2 Å². The Morgan fingerprint density at radius 2 is 1.83 bits per heavy atom. The van der Waals surface area contributed by atoms with Gasteiger partial charge in [-0.05, 0) is 39.5 Å². The molecule has 2 aliphatic rings. The van der Waals surface area contributed by atoms with Crippen molar-refractivity contribution in [1.82, 2.24) is 20.4 Å². The van der Waals surface area contributed by atoms with Crippen molar-refractivity contribution in [3.05, 3.63) is 10.0 Å². The third kappa shape index (κ3) is 4.68. The van der Waals surface area contributed by atoms with E-state index in [0.717, 1.165) is 38.3 Å². The van der Waals surface area contributed by atoms with E-state index in [-0.39, 0.29) is 11.6 Å². The predicted octanol–water partition coefficient (Wildman–Crippen LogP) is 3.96. The highest BCUT2D eigenvalue weighted by Crippen LogP contribution is 2.33. The van der Waals surface area contributed by atoms with Crippen LogP contribution in [0.4, 0.5) is 4.79 Å². The second kappa shape index (κ2) is 7.38. The summed E-state index contributed by atoms with van der Waals surface area (Å²) in [5.41, 5.74) is -0.178. The van der Waals surface area contributed by atoms with Crippen LogP contribution < -0.4 is 5.32 Å². The molecule has 3 rings (SSSR count). The molecule has 134 valence electrons. The minimum absolute atomic E-state index is 0.0557. The Labute approximate surface area is 149 Å². The summed E-state index contributed by atoms with van der Waals surface area (Å²) < 4.78 is 0. The zero-order chi connectivity index (χ0) is 17.2. The number of nitrogens with one attached hydrogen (secondary N) is 1. The van der Waals surface area contributed by atoms with Crippen molar-refractivity contribution >= 4 is 17.4 Å². The number of hydrogen-bond donors (Lipinski definition) is 1. The van der Waals surface area contributed by atoms with Crippen molar-refractivity contribution in [2.75, 3.05) is 13.1 Å². The third-order valence-electron chi connectivity index (χ3n) is 5.03. The molecule has 1 aromatic heterocycles. The van der Waals surface area contributed by atoms with E-state index in [1.165, 1.54) is 35.7 Å². The molecule has 1 N–H and O–H groups in total. The van der Waals surface area contributed by atoms with Gasteiger partial charge in [0, 0.05) is 31.0 Å². The molecule has 1 aliphatic carbocycles. The van der Waals surface area contributed by atoms with Gasteiger partial charge in [-0.1, -0.05) is 25.7 Å². The fourth-order valence-corrected chi connectivity index (χ4v) is 4.83. The second-order valence-electron chi connectivity index (χ2n) is 8.33. The van der Waals surface area contributed by atoms with Gasteiger partial charge in [0.25, 0.3) is 0 Å². The molecule has 0 radical (unpaired) electrons. The van der Waals surface area contributed by atoms with E-state index < -0.39 is 0 Å². The summed E-state index contributed by atoms with van der Waals surface area (Å²) in [6.07, 6.45) is 8.58. The van der Waals surface area contributed by atoms with Crippen LogP contribution in [0.15, 0.2) is 0 Å². The lowest BCUT2D eigenvalue weighted by molar-refractivity contribution is 0.173. The lowest BCUT2D eigenvalue weighted by Gasteiger charge is -2.33. The average Bonchev–Trinajstić information content (AvgIpc) is 3.18. The van der Waals surface area contributed by atoms with Crippen molar-refractivity contribution in [2.45, 2.75) is 77.2 Å². The van der Waals surface area contributed by atoms with Gasteiger partial charge in [-0.2, -0.15) is 0 Å². The minimum Gasteiger partial charge on any atom is -0.333 e. The summed E-state index contributed by atoms with van der Waals surface area (Å²) in [6, 6.07) is 0.0557. The molecule has 24 heavy (non-hydrogen) atoms. The highest BCUT2D eigenvalue weighted by Gasteiger charge is 2.28. The van der Waals surface area contributed by atoms with Crippen LogP contribution in [0.1, 0.15) is 75.2 Å². The first-order chi connectivity index (χ1) is 11.4. The van der Waals surface area contributed by atoms with Crippen molar-refractivity contribution in [1.29, 1.82) is 0 Å². The highest BCUT2D eigenvalue weighted by atomic mass is 32.1. The molecule has 1 aliphatic heterocycles. The largest absolute Gasteiger partial charge is 0.333 e. The van der Waals surface area contributed by atoms with E-state index in [4.69, 9.17) is 0 Å². The second-order valence-corrected chi connectivity index (χ2v) is 9.42. The Balaban J connectivity index is 1.49. The van der Waals surface area contributed by atoms with Gasteiger partial charge in [-0.25, -0.2) is 4.79 Å². The molecular formula is C18H30N4OS. The first-order valence-electron chi connectivity index (χ1n) is 9.30. The zero-order valence-electron chi connectivity index (χ0n) is 15.2. The summed E-state index contributed by atoms with van der Waals surface area (Å²) in [6.45, 7) is 7.68. The fourth-order valence-electron chi connectivity index (χ4n) is 3.70. The van der Waals surface area contributed by atoms with Gasteiger partial charge in [0.2, 0.25) is 0 Å². The standard InChI is InChI=1S/C18H30N4OS/c1-18(2,3)19-17(23)22-10-8-14(9-11-22)16-21-20-15(24-16)12-13-6-4-5-7-13/h13-14H,4-12H2,1-3H3,(H,19,23). The molecule has 2 heterocycles. The van der Waals surface area contributed by atoms with Crippen LogP contribution in [0.25, 0.3) is 0 Å². The summed E-state index contributed by atoms with van der Waals surface area (Å²) in [5.74, 6) is 1.30. The van der Waals surface area contributed by atoms with Crippen LogP contribution in [0.3, 0.4) is 0 Å². The molecule has 1 saturated carbocycles. The summed E-state index contributed by atoms with van der Waals surface area (Å²) in [7, 11) is 0. The minimum atomic E-state index is -0.178. The molecule has 0 unspecified atom stereocenters. The molecule has 0 spiro atoms. The van der Waals surface area contributed by atoms with Crippen LogP contribution in [0.2, 0.25) is 0 Å². The SMILES string of the molecule is CC(C)(C)NC(=O)N1CCC(c2nnc(CC3CCCC3)s2)CC1. The normalized spacial score (nSPS) is 20.5. The highest BCUT2D eigenvalue weighted by molar-refractivity contribution is 7.11. The third-order valence-corrected chi connectivity index (χ3v) is 6.14. The van der Waals surface area contributed by atoms with E-state index in [9.17, 15) is 4.79 Å². The maximum absolute atomic E-state index is 12.2. The first-order valence-corrected chi connectivity index (χ1v) is 10.1. The molecule has 2 fully saturated rings. The molecule has 0 aromatic carbocycles. The van der Waals surface area contributed by atoms with Crippen molar-refractivity contribution < 1.29 is 4.79 Å². The van der Waals surface area contributed by atoms with Gasteiger partial charge in [0.05, 0.1) is 0 Å². The first kappa shape index (κ1) is 17.6. The van der Waals surface area contributed by atoms with E-state index >= 15 is 0 Å². The number of carbonyl (C=O) groups is 1. The molecule has 6 heteroatoms. The van der Waals surface area contributed by atoms with Gasteiger partial charge in [0.15, 0.2) is 0 Å². The Hall–Kier alpha value is -1.17. The predicted molar refractivity (Wildman–Crippen MR) is 97.4 cm³/mol. The Morgan fingerprint density at radius 1 is 1.17 bits per heavy atom. The monoisotopic (exact) mass is 350 g/mol. The van der Waals surface area contributed by atoms with Crippen LogP contribution >= 0.6 is 11.3 Å². The maximum Gasteiger partial charge on any atom is 0.317 e. The number of urea groups is 1. The smallest absolute Gasteiger partial charge is 0.317 e. The number of likely N-dealkylation sites (tertiary alicyclic amines) is 1. The summed E-state index contributed by atoms with van der Waals surface area (Å²) in [5, 5.41) is 14.3. The molecule has 1 aromatic rings. The molecule has 0 bridgehead atoms. The van der Waals surface area contributed by atoms with Gasteiger partial charge >= 0.3 is 6.03 Å². The van der Waals surface area contributed by atoms with Crippen LogP contribution in [-0.4, -0.2) is 39.8 Å². The number of carbonyl (C=O) groups excluding carboxylic acids is 1. The van der Waals surface area contributed by atoms with Crippen molar-refractivity contribution in [3.8, 4) is 0 Å². The van der Waals surface area contributed by atoms with E-state index in [2.05, 4.69) is 15.5 Å². The van der Waals surface area contributed by atoms with E-state index in [1.807, 2.05) is 25.7 Å². The van der Waals surface area contributed by atoms with Gasteiger partial charge in [-0.15, -0.1) is 21.5 Å². The molecule has 5 nitrogen and oxygen atoms in total.